The van der Waals surface area contributed by atoms with Gasteiger partial charge < -0.3 is 5.73 Å². The van der Waals surface area contributed by atoms with Gasteiger partial charge in [-0.15, -0.1) is 11.3 Å². The Labute approximate surface area is 71.2 Å². The van der Waals surface area contributed by atoms with Crippen LogP contribution >= 0.6 is 11.3 Å². The van der Waals surface area contributed by atoms with E-state index in [1.54, 1.807) is 0 Å². The summed E-state index contributed by atoms with van der Waals surface area (Å²) in [6.45, 7) is 0.909. The SMILES string of the molecule is CC(N)(c1nccs1)C(F)(F)F. The largest absolute Gasteiger partial charge is 0.412 e. The summed E-state index contributed by atoms with van der Waals surface area (Å²) in [4.78, 5) is 3.53. The number of halogens is 3. The van der Waals surface area contributed by atoms with Crippen LogP contribution in [0.2, 0.25) is 0 Å². The molecule has 1 aromatic heterocycles. The lowest BCUT2D eigenvalue weighted by molar-refractivity contribution is -0.184. The Balaban J connectivity index is 3.02. The number of hydrogen-bond acceptors (Lipinski definition) is 3. The fourth-order valence-electron chi connectivity index (χ4n) is 0.601. The average Bonchev–Trinajstić information content (AvgIpc) is 2.34. The van der Waals surface area contributed by atoms with E-state index < -0.39 is 11.7 Å². The number of thiazole rings is 1. The third-order valence-electron chi connectivity index (χ3n) is 1.47. The minimum absolute atomic E-state index is 0.116. The summed E-state index contributed by atoms with van der Waals surface area (Å²) in [7, 11) is 0. The lowest BCUT2D eigenvalue weighted by Gasteiger charge is -2.24. The topological polar surface area (TPSA) is 38.9 Å². The van der Waals surface area contributed by atoms with Gasteiger partial charge in [0.2, 0.25) is 0 Å². The van der Waals surface area contributed by atoms with Gasteiger partial charge in [-0.05, 0) is 6.92 Å². The Kier molecular flexibility index (Phi) is 2.13. The van der Waals surface area contributed by atoms with Gasteiger partial charge in [0.25, 0.3) is 0 Å². The molecule has 1 aromatic rings. The molecular weight excluding hydrogens is 189 g/mol. The summed E-state index contributed by atoms with van der Waals surface area (Å²) >= 11 is 0.901. The predicted octanol–water partition coefficient (Wildman–Crippen LogP) is 1.88. The second-order valence-corrected chi connectivity index (χ2v) is 3.43. The van der Waals surface area contributed by atoms with Crippen LogP contribution in [0.15, 0.2) is 11.6 Å². The Morgan fingerprint density at radius 1 is 1.50 bits per heavy atom. The second-order valence-electron chi connectivity index (χ2n) is 2.54. The van der Waals surface area contributed by atoms with Crippen molar-refractivity contribution in [3.63, 3.8) is 0 Å². The molecule has 2 nitrogen and oxygen atoms in total. The number of rotatable bonds is 1. The van der Waals surface area contributed by atoms with E-state index in [0.717, 1.165) is 18.3 Å². The van der Waals surface area contributed by atoms with Crippen LogP contribution in [-0.4, -0.2) is 11.2 Å². The number of alkyl halides is 3. The maximum absolute atomic E-state index is 12.2. The van der Waals surface area contributed by atoms with Crippen LogP contribution in [0.5, 0.6) is 0 Å². The number of hydrogen-bond donors (Lipinski definition) is 1. The van der Waals surface area contributed by atoms with Gasteiger partial charge in [0.05, 0.1) is 0 Å². The Bertz CT molecular complexity index is 252. The lowest BCUT2D eigenvalue weighted by Crippen LogP contribution is -2.47. The van der Waals surface area contributed by atoms with Crippen LogP contribution in [0.1, 0.15) is 11.9 Å². The lowest BCUT2D eigenvalue weighted by atomic mass is 10.1. The minimum Gasteiger partial charge on any atom is -0.312 e. The first-order valence-electron chi connectivity index (χ1n) is 3.11. The van der Waals surface area contributed by atoms with Gasteiger partial charge in [-0.2, -0.15) is 13.2 Å². The van der Waals surface area contributed by atoms with Crippen LogP contribution in [0, 0.1) is 0 Å². The van der Waals surface area contributed by atoms with E-state index in [1.165, 1.54) is 11.6 Å². The fraction of sp³-hybridized carbons (Fsp3) is 0.500. The molecule has 1 atom stereocenters. The number of nitrogens with zero attached hydrogens (tertiary/aromatic N) is 1. The summed E-state index contributed by atoms with van der Waals surface area (Å²) < 4.78 is 36.7. The minimum atomic E-state index is -4.45. The number of nitrogens with two attached hydrogens (primary N) is 1. The highest BCUT2D eigenvalue weighted by Crippen LogP contribution is 2.36. The van der Waals surface area contributed by atoms with E-state index in [9.17, 15) is 13.2 Å². The first-order chi connectivity index (χ1) is 5.36. The van der Waals surface area contributed by atoms with Crippen LogP contribution in [-0.2, 0) is 5.54 Å². The molecule has 0 aliphatic heterocycles. The standard InChI is InChI=1S/C6H7F3N2S/c1-5(10,6(7,8)9)4-11-2-3-12-4/h2-3H,10H2,1H3. The summed E-state index contributed by atoms with van der Waals surface area (Å²) in [5.41, 5.74) is 2.75. The molecule has 1 unspecified atom stereocenters. The zero-order valence-corrected chi connectivity index (χ0v) is 7.04. The van der Waals surface area contributed by atoms with Gasteiger partial charge in [-0.1, -0.05) is 0 Å². The second kappa shape index (κ2) is 2.70. The first kappa shape index (κ1) is 9.47. The van der Waals surface area contributed by atoms with Crippen molar-refractivity contribution >= 4 is 11.3 Å². The number of aromatic nitrogens is 1. The highest BCUT2D eigenvalue weighted by Gasteiger charge is 2.51. The van der Waals surface area contributed by atoms with Crippen molar-refractivity contribution in [2.24, 2.45) is 5.73 Å². The van der Waals surface area contributed by atoms with E-state index in [0.29, 0.717) is 0 Å². The molecule has 1 rings (SSSR count). The third-order valence-corrected chi connectivity index (χ3v) is 2.48. The summed E-state index contributed by atoms with van der Waals surface area (Å²) in [5, 5.41) is 1.35. The van der Waals surface area contributed by atoms with Gasteiger partial charge in [0.15, 0.2) is 5.54 Å². The molecule has 0 bridgehead atoms. The van der Waals surface area contributed by atoms with E-state index in [-0.39, 0.29) is 5.01 Å². The average molecular weight is 196 g/mol. The molecule has 1 heterocycles. The highest BCUT2D eigenvalue weighted by atomic mass is 32.1. The van der Waals surface area contributed by atoms with Crippen LogP contribution in [0.3, 0.4) is 0 Å². The van der Waals surface area contributed by atoms with Crippen molar-refractivity contribution in [2.45, 2.75) is 18.6 Å². The van der Waals surface area contributed by atoms with Crippen LogP contribution in [0.25, 0.3) is 0 Å². The molecule has 2 N–H and O–H groups in total. The summed E-state index contributed by atoms with van der Waals surface area (Å²) in [6, 6.07) is 0. The van der Waals surface area contributed by atoms with Crippen molar-refractivity contribution < 1.29 is 13.2 Å². The van der Waals surface area contributed by atoms with E-state index in [2.05, 4.69) is 4.98 Å². The van der Waals surface area contributed by atoms with Crippen LogP contribution in [0.4, 0.5) is 13.2 Å². The molecule has 0 aliphatic rings. The molecule has 0 aliphatic carbocycles. The molecular formula is C6H7F3N2S. The van der Waals surface area contributed by atoms with Crippen molar-refractivity contribution in [3.8, 4) is 0 Å². The van der Waals surface area contributed by atoms with Crippen molar-refractivity contribution in [2.75, 3.05) is 0 Å². The normalized spacial score (nSPS) is 17.4. The van der Waals surface area contributed by atoms with Crippen LogP contribution < -0.4 is 5.73 Å². The molecule has 0 fully saturated rings. The van der Waals surface area contributed by atoms with Gasteiger partial charge in [0.1, 0.15) is 5.01 Å². The zero-order valence-electron chi connectivity index (χ0n) is 6.22. The Hall–Kier alpha value is -0.620. The molecule has 0 saturated heterocycles. The fourth-order valence-corrected chi connectivity index (χ4v) is 1.33. The van der Waals surface area contributed by atoms with Gasteiger partial charge >= 0.3 is 6.18 Å². The molecule has 12 heavy (non-hydrogen) atoms. The van der Waals surface area contributed by atoms with Gasteiger partial charge in [-0.3, -0.25) is 0 Å². The maximum Gasteiger partial charge on any atom is 0.412 e. The molecule has 0 amide bonds. The predicted molar refractivity (Wildman–Crippen MR) is 39.7 cm³/mol. The summed E-state index contributed by atoms with van der Waals surface area (Å²) in [5.74, 6) is 0. The van der Waals surface area contributed by atoms with Crippen molar-refractivity contribution in [1.82, 2.24) is 4.98 Å². The molecule has 6 heteroatoms. The van der Waals surface area contributed by atoms with E-state index in [4.69, 9.17) is 5.73 Å². The van der Waals surface area contributed by atoms with Gasteiger partial charge in [0, 0.05) is 11.6 Å². The molecule has 0 saturated carbocycles. The van der Waals surface area contributed by atoms with E-state index >= 15 is 0 Å². The molecule has 0 radical (unpaired) electrons. The molecule has 0 spiro atoms. The zero-order chi connectivity index (χ0) is 9.41. The summed E-state index contributed by atoms with van der Waals surface area (Å²) in [6.07, 6.45) is -3.15. The van der Waals surface area contributed by atoms with Crippen molar-refractivity contribution in [3.05, 3.63) is 16.6 Å². The quantitative estimate of drug-likeness (QED) is 0.744. The van der Waals surface area contributed by atoms with E-state index in [1.807, 2.05) is 0 Å². The van der Waals surface area contributed by atoms with Gasteiger partial charge in [-0.25, -0.2) is 4.98 Å². The molecule has 0 aromatic carbocycles. The smallest absolute Gasteiger partial charge is 0.312 e. The third kappa shape index (κ3) is 1.44. The Morgan fingerprint density at radius 2 is 2.08 bits per heavy atom. The highest BCUT2D eigenvalue weighted by molar-refractivity contribution is 7.09. The first-order valence-corrected chi connectivity index (χ1v) is 3.99. The monoisotopic (exact) mass is 196 g/mol. The molecule has 68 valence electrons. The van der Waals surface area contributed by atoms with Crippen molar-refractivity contribution in [1.29, 1.82) is 0 Å². The Morgan fingerprint density at radius 3 is 2.42 bits per heavy atom. The maximum atomic E-state index is 12.2.